The van der Waals surface area contributed by atoms with Gasteiger partial charge in [0.05, 0.1) is 0 Å². The molecule has 0 aliphatic carbocycles. The Morgan fingerprint density at radius 3 is 0.600 bits per heavy atom. The second kappa shape index (κ2) is 29.4. The van der Waals surface area contributed by atoms with Gasteiger partial charge in [0, 0.05) is 0 Å². The first-order valence-corrected chi connectivity index (χ1v) is 0. The van der Waals surface area contributed by atoms with Crippen molar-refractivity contribution in [2.45, 2.75) is 0 Å². The molecule has 0 rings (SSSR count). The smallest absolute Gasteiger partial charge is 2.00 e. The molecule has 0 saturated carbocycles. The van der Waals surface area contributed by atoms with Crippen molar-refractivity contribution in [1.29, 1.82) is 0 Å². The summed E-state index contributed by atoms with van der Waals surface area (Å²) in [7, 11) is 0. The van der Waals surface area contributed by atoms with Gasteiger partial charge in [-0.2, -0.15) is 0 Å². The summed E-state index contributed by atoms with van der Waals surface area (Å²) in [4.78, 5) is 0. The molecule has 5 heteroatoms. The average Bonchev–Trinajstić information content (AvgIpc) is 0. The molecular weight excluding hydrogens is 399 g/mol. The molecule has 42 valence electrons. The van der Waals surface area contributed by atoms with Crippen LogP contribution in [-0.2, 0) is 24.4 Å². The van der Waals surface area contributed by atoms with E-state index >= 15 is 0 Å². The Bertz CT molecular complexity index is 7.61. The second-order valence-corrected chi connectivity index (χ2v) is 0. The van der Waals surface area contributed by atoms with E-state index in [9.17, 15) is 0 Å². The summed E-state index contributed by atoms with van der Waals surface area (Å²) in [6.07, 6.45) is 0. The summed E-state index contributed by atoms with van der Waals surface area (Å²) < 4.78 is 0. The predicted molar refractivity (Wildman–Crippen MR) is 8.74 cm³/mol. The fourth-order valence-electron chi connectivity index (χ4n) is 0. The van der Waals surface area contributed by atoms with Gasteiger partial charge < -0.3 is 24.4 Å². The molecule has 0 bridgehead atoms. The van der Waals surface area contributed by atoms with Crippen LogP contribution in [-0.4, -0.2) is 0 Å². The number of rotatable bonds is 0. The van der Waals surface area contributed by atoms with Gasteiger partial charge in [-0.25, -0.2) is 0 Å². The monoisotopic (exact) mass is 396 g/mol. The van der Waals surface area contributed by atoms with Gasteiger partial charge in [0.15, 0.2) is 0 Å². The molecule has 0 saturated heterocycles. The summed E-state index contributed by atoms with van der Waals surface area (Å²) in [5.74, 6) is 0. The van der Waals surface area contributed by atoms with Crippen molar-refractivity contribution in [2.75, 3.05) is 0 Å². The van der Waals surface area contributed by atoms with Crippen molar-refractivity contribution in [3.05, 3.63) is 0 Å². The minimum atomic E-state index is 0. The summed E-state index contributed by atoms with van der Waals surface area (Å²) in [5.41, 5.74) is 0. The molecule has 0 aromatic heterocycles. The molecule has 0 aliphatic rings. The molecule has 0 N–H and O–H groups in total. The van der Waals surface area contributed by atoms with Gasteiger partial charge in [-0.1, -0.05) is 0 Å². The third kappa shape index (κ3) is 20.1. The quantitative estimate of drug-likeness (QED) is 0.541. The van der Waals surface area contributed by atoms with E-state index in [1.807, 2.05) is 0 Å². The van der Waals surface area contributed by atoms with Gasteiger partial charge >= 0.3 is 74.6 Å². The summed E-state index contributed by atoms with van der Waals surface area (Å²) in [6.45, 7) is 0. The van der Waals surface area contributed by atoms with Crippen LogP contribution >= 0.6 is 0 Å². The molecule has 2 radical (unpaired) electrons. The van der Waals surface area contributed by atoms with Crippen LogP contribution in [0.5, 0.6) is 0 Å². The molecule has 0 amide bonds. The Balaban J connectivity index is 0. The second-order valence-electron chi connectivity index (χ2n) is 0. The van der Waals surface area contributed by atoms with E-state index < -0.39 is 0 Å². The summed E-state index contributed by atoms with van der Waals surface area (Å²) >= 11 is 0. The van der Waals surface area contributed by atoms with Crippen molar-refractivity contribution >= 4 is 13.5 Å². The van der Waals surface area contributed by atoms with Gasteiger partial charge in [-0.3, -0.25) is 0 Å². The van der Waals surface area contributed by atoms with Crippen molar-refractivity contribution < 1.29 is 85.6 Å². The molecule has 0 atom stereocenters. The molecule has 0 fully saturated rings. The maximum absolute atomic E-state index is 0. The largest absolute Gasteiger partial charge is 3.00 e. The van der Waals surface area contributed by atoms with Gasteiger partial charge in [0.1, 0.15) is 0 Å². The molecule has 0 aliphatic heterocycles. The number of hydrogen-bond acceptors (Lipinski definition) is 0. The van der Waals surface area contributed by atoms with E-state index in [0.29, 0.717) is 0 Å². The Morgan fingerprint density at radius 2 is 0.600 bits per heavy atom. The van der Waals surface area contributed by atoms with Crippen LogP contribution in [0, 0.1) is 74.6 Å². The normalized spacial score (nSPS) is 0. The maximum atomic E-state index is 0. The SMILES string of the molecule is [Er+3].[Er+3].[O-2].[O-2].[S-2]. The number of hydrogen-bond donors (Lipinski definition) is 0. The summed E-state index contributed by atoms with van der Waals surface area (Å²) in [5, 5.41) is 0. The zero-order valence-corrected chi connectivity index (χ0v) is 6.32. The Labute approximate surface area is 96.9 Å². The molecule has 0 aromatic rings. The zero-order valence-electron chi connectivity index (χ0n) is 1.80. The first-order valence-electron chi connectivity index (χ1n) is 0. The molecule has 0 unspecified atom stereocenters. The van der Waals surface area contributed by atoms with E-state index in [4.69, 9.17) is 0 Å². The minimum Gasteiger partial charge on any atom is -2.00 e. The topological polar surface area (TPSA) is 57.0 Å². The van der Waals surface area contributed by atoms with Crippen LogP contribution < -0.4 is 0 Å². The fraction of sp³-hybridized carbons (Fsp3) is 0. The Hall–Kier alpha value is 2.76. The first-order chi connectivity index (χ1) is 0. The molecule has 2 nitrogen and oxygen atoms in total. The predicted octanol–water partition coefficient (Wildman–Crippen LogP) is -0.240. The third-order valence-corrected chi connectivity index (χ3v) is 0. The van der Waals surface area contributed by atoms with E-state index in [1.54, 1.807) is 0 Å². The van der Waals surface area contributed by atoms with Gasteiger partial charge in [-0.15, -0.1) is 0 Å². The standard InChI is InChI=1S/2Er.2O.S/q2*+3;3*-2. The minimum absolute atomic E-state index is 0. The third-order valence-electron chi connectivity index (χ3n) is 0. The van der Waals surface area contributed by atoms with Crippen molar-refractivity contribution in [3.8, 4) is 0 Å². The Morgan fingerprint density at radius 1 is 0.600 bits per heavy atom. The van der Waals surface area contributed by atoms with E-state index in [2.05, 4.69) is 0 Å². The zero-order chi connectivity index (χ0) is 0. The van der Waals surface area contributed by atoms with Gasteiger partial charge in [-0.05, 0) is 0 Å². The molecule has 0 aromatic carbocycles. The maximum Gasteiger partial charge on any atom is 3.00 e. The van der Waals surface area contributed by atoms with Crippen LogP contribution in [0.25, 0.3) is 0 Å². The molecule has 0 heterocycles. The molecular formula is Er2O2S. The average molecular weight is 399 g/mol. The van der Waals surface area contributed by atoms with Gasteiger partial charge in [0.2, 0.25) is 0 Å². The van der Waals surface area contributed by atoms with Crippen molar-refractivity contribution in [3.63, 3.8) is 0 Å². The fourth-order valence-corrected chi connectivity index (χ4v) is 0. The van der Waals surface area contributed by atoms with Crippen LogP contribution in [0.15, 0.2) is 0 Å². The van der Waals surface area contributed by atoms with E-state index in [-0.39, 0.29) is 99.1 Å². The summed E-state index contributed by atoms with van der Waals surface area (Å²) in [6, 6.07) is 0. The van der Waals surface area contributed by atoms with Crippen molar-refractivity contribution in [2.24, 2.45) is 0 Å². The van der Waals surface area contributed by atoms with Crippen molar-refractivity contribution in [1.82, 2.24) is 0 Å². The van der Waals surface area contributed by atoms with Crippen LogP contribution in [0.1, 0.15) is 0 Å². The van der Waals surface area contributed by atoms with E-state index in [1.165, 1.54) is 0 Å². The van der Waals surface area contributed by atoms with Crippen LogP contribution in [0.2, 0.25) is 0 Å². The Kier molecular flexibility index (Phi) is 274. The van der Waals surface area contributed by atoms with Crippen LogP contribution in [0.3, 0.4) is 0 Å². The first kappa shape index (κ1) is 46.5. The molecule has 0 spiro atoms. The van der Waals surface area contributed by atoms with E-state index in [0.717, 1.165) is 0 Å². The van der Waals surface area contributed by atoms with Gasteiger partial charge in [0.25, 0.3) is 0 Å². The van der Waals surface area contributed by atoms with Crippen LogP contribution in [0.4, 0.5) is 0 Å². The molecule has 5 heavy (non-hydrogen) atoms.